The lowest BCUT2D eigenvalue weighted by atomic mass is 9.81. The first-order valence-electron chi connectivity index (χ1n) is 11.1. The predicted molar refractivity (Wildman–Crippen MR) is 113 cm³/mol. The topological polar surface area (TPSA) is 56.5 Å². The summed E-state index contributed by atoms with van der Waals surface area (Å²) < 4.78 is 38.2. The van der Waals surface area contributed by atoms with E-state index in [0.717, 1.165) is 50.4 Å². The van der Waals surface area contributed by atoms with Gasteiger partial charge in [-0.2, -0.15) is 13.2 Å². The first-order valence-corrected chi connectivity index (χ1v) is 11.1. The molecule has 0 N–H and O–H groups in total. The molecule has 0 amide bonds. The van der Waals surface area contributed by atoms with E-state index < -0.39 is 11.9 Å². The van der Waals surface area contributed by atoms with Crippen molar-refractivity contribution in [2.75, 3.05) is 13.1 Å². The zero-order valence-corrected chi connectivity index (χ0v) is 17.5. The van der Waals surface area contributed by atoms with Gasteiger partial charge in [0.15, 0.2) is 0 Å². The van der Waals surface area contributed by atoms with Gasteiger partial charge in [-0.15, -0.1) is 0 Å². The molecule has 1 aromatic rings. The molecule has 0 aromatic carbocycles. The molecule has 1 aromatic heterocycles. The number of aromatic nitrogens is 1. The van der Waals surface area contributed by atoms with Crippen molar-refractivity contribution in [1.82, 2.24) is 14.8 Å². The minimum atomic E-state index is -4.39. The molecular weight excluding hydrogens is 405 g/mol. The lowest BCUT2D eigenvalue weighted by Gasteiger charge is -2.39. The van der Waals surface area contributed by atoms with Crippen molar-refractivity contribution >= 4 is 18.3 Å². The van der Waals surface area contributed by atoms with Gasteiger partial charge in [0, 0.05) is 36.5 Å². The highest BCUT2D eigenvalue weighted by Crippen LogP contribution is 2.38. The standard InChI is InChI=1S/C22H27F3N6/c1-2-18-29-19(20-16-5-8-26-21(16)28-13-31(18)20)15-6-9-30(10-7-15)12-14-3-4-17(27-11-14)22(23,24)25/h3-4,8,11,13,15-16,18,20-21H,2,5-7,9-10,12H2,1H3. The monoisotopic (exact) mass is 432 g/mol. The lowest BCUT2D eigenvalue weighted by molar-refractivity contribution is -0.141. The molecule has 1 saturated heterocycles. The Labute approximate surface area is 180 Å². The summed E-state index contributed by atoms with van der Waals surface area (Å²) in [5.41, 5.74) is 1.29. The molecule has 31 heavy (non-hydrogen) atoms. The van der Waals surface area contributed by atoms with E-state index in [4.69, 9.17) is 4.99 Å². The van der Waals surface area contributed by atoms with Crippen molar-refractivity contribution < 1.29 is 13.2 Å². The molecule has 0 radical (unpaired) electrons. The number of nitrogens with zero attached hydrogens (tertiary/aromatic N) is 6. The second-order valence-corrected chi connectivity index (χ2v) is 8.84. The van der Waals surface area contributed by atoms with Crippen LogP contribution in [0.4, 0.5) is 13.2 Å². The molecule has 4 atom stereocenters. The Kier molecular flexibility index (Phi) is 5.32. The minimum Gasteiger partial charge on any atom is -0.332 e. The maximum atomic E-state index is 12.7. The number of likely N-dealkylation sites (tertiary alicyclic amines) is 1. The van der Waals surface area contributed by atoms with Crippen LogP contribution in [0.1, 0.15) is 43.9 Å². The number of hydrogen-bond acceptors (Lipinski definition) is 6. The molecule has 166 valence electrons. The van der Waals surface area contributed by atoms with Crippen LogP contribution in [0.5, 0.6) is 0 Å². The highest BCUT2D eigenvalue weighted by molar-refractivity contribution is 5.96. The summed E-state index contributed by atoms with van der Waals surface area (Å²) in [4.78, 5) is 22.5. The first-order chi connectivity index (χ1) is 14.9. The molecule has 6 nitrogen and oxygen atoms in total. The molecule has 4 aliphatic rings. The molecule has 0 spiro atoms. The second kappa shape index (κ2) is 8.00. The largest absolute Gasteiger partial charge is 0.433 e. The van der Waals surface area contributed by atoms with Gasteiger partial charge >= 0.3 is 6.18 Å². The summed E-state index contributed by atoms with van der Waals surface area (Å²) in [6.45, 7) is 4.61. The summed E-state index contributed by atoms with van der Waals surface area (Å²) in [5.74, 6) is 0.829. The predicted octanol–water partition coefficient (Wildman–Crippen LogP) is 3.63. The summed E-state index contributed by atoms with van der Waals surface area (Å²) in [7, 11) is 0. The molecule has 5 heterocycles. The van der Waals surface area contributed by atoms with Gasteiger partial charge in [0.2, 0.25) is 0 Å². The van der Waals surface area contributed by atoms with Crippen LogP contribution >= 0.6 is 0 Å². The van der Waals surface area contributed by atoms with Crippen LogP contribution < -0.4 is 0 Å². The average Bonchev–Trinajstić information content (AvgIpc) is 3.38. The van der Waals surface area contributed by atoms with Crippen LogP contribution in [0.15, 0.2) is 33.3 Å². The van der Waals surface area contributed by atoms with Gasteiger partial charge in [0.05, 0.1) is 12.4 Å². The Bertz CT molecular complexity index is 886. The van der Waals surface area contributed by atoms with Gasteiger partial charge in [0.25, 0.3) is 0 Å². The Morgan fingerprint density at radius 2 is 1.94 bits per heavy atom. The molecule has 4 aliphatic heterocycles. The van der Waals surface area contributed by atoms with Gasteiger partial charge in [-0.1, -0.05) is 13.0 Å². The lowest BCUT2D eigenvalue weighted by Crippen LogP contribution is -2.51. The van der Waals surface area contributed by atoms with Crippen LogP contribution in [-0.4, -0.2) is 64.5 Å². The Hall–Kier alpha value is -2.29. The van der Waals surface area contributed by atoms with Crippen molar-refractivity contribution in [3.63, 3.8) is 0 Å². The molecule has 5 rings (SSSR count). The van der Waals surface area contributed by atoms with E-state index in [2.05, 4.69) is 31.7 Å². The molecule has 4 unspecified atom stereocenters. The third-order valence-electron chi connectivity index (χ3n) is 6.94. The number of aliphatic imine (C=N–C) groups is 3. The van der Waals surface area contributed by atoms with Crippen LogP contribution in [0.3, 0.4) is 0 Å². The van der Waals surface area contributed by atoms with Gasteiger partial charge in [-0.3, -0.25) is 19.9 Å². The van der Waals surface area contributed by atoms with E-state index in [0.29, 0.717) is 24.4 Å². The van der Waals surface area contributed by atoms with E-state index in [1.54, 1.807) is 0 Å². The van der Waals surface area contributed by atoms with Gasteiger partial charge in [-0.05, 0) is 50.4 Å². The number of pyridine rings is 1. The highest BCUT2D eigenvalue weighted by atomic mass is 19.4. The fourth-order valence-electron chi connectivity index (χ4n) is 5.33. The van der Waals surface area contributed by atoms with Gasteiger partial charge in [0.1, 0.15) is 18.0 Å². The number of rotatable bonds is 4. The van der Waals surface area contributed by atoms with Crippen LogP contribution in [-0.2, 0) is 12.7 Å². The SMILES string of the molecule is CCC1N=C(C2CCN(Cc3ccc(C(F)(F)F)nc3)CC2)C2C3CC=NC3N=CN12. The van der Waals surface area contributed by atoms with Crippen LogP contribution in [0.2, 0.25) is 0 Å². The van der Waals surface area contributed by atoms with Crippen molar-refractivity contribution in [2.24, 2.45) is 26.8 Å². The minimum absolute atomic E-state index is 0.0364. The van der Waals surface area contributed by atoms with Gasteiger partial charge in [-0.25, -0.2) is 4.99 Å². The number of piperidine rings is 1. The quantitative estimate of drug-likeness (QED) is 0.730. The van der Waals surface area contributed by atoms with Crippen molar-refractivity contribution in [2.45, 2.75) is 63.7 Å². The molecule has 1 fully saturated rings. The number of hydrogen-bond donors (Lipinski definition) is 0. The normalized spacial score (nSPS) is 31.1. The summed E-state index contributed by atoms with van der Waals surface area (Å²) in [6, 6.07) is 2.90. The molecule has 0 saturated carbocycles. The maximum absolute atomic E-state index is 12.7. The van der Waals surface area contributed by atoms with Crippen LogP contribution in [0, 0.1) is 11.8 Å². The fraction of sp³-hybridized carbons (Fsp3) is 0.636. The first kappa shape index (κ1) is 20.6. The maximum Gasteiger partial charge on any atom is 0.433 e. The Morgan fingerprint density at radius 3 is 2.61 bits per heavy atom. The summed E-state index contributed by atoms with van der Waals surface area (Å²) >= 11 is 0. The zero-order valence-electron chi connectivity index (χ0n) is 17.5. The van der Waals surface area contributed by atoms with E-state index in [1.165, 1.54) is 18.0 Å². The van der Waals surface area contributed by atoms with Crippen LogP contribution in [0.25, 0.3) is 0 Å². The summed E-state index contributed by atoms with van der Waals surface area (Å²) in [6.07, 6.45) is 5.09. The van der Waals surface area contributed by atoms with Crippen molar-refractivity contribution in [1.29, 1.82) is 0 Å². The number of halogens is 3. The number of fused-ring (bicyclic) bond motifs is 3. The average molecular weight is 432 g/mol. The molecule has 0 aliphatic carbocycles. The van der Waals surface area contributed by atoms with Crippen molar-refractivity contribution in [3.05, 3.63) is 29.6 Å². The smallest absolute Gasteiger partial charge is 0.332 e. The second-order valence-electron chi connectivity index (χ2n) is 8.84. The van der Waals surface area contributed by atoms with E-state index in [9.17, 15) is 13.2 Å². The highest BCUT2D eigenvalue weighted by Gasteiger charge is 2.47. The third kappa shape index (κ3) is 3.88. The van der Waals surface area contributed by atoms with E-state index in [1.807, 2.05) is 12.6 Å². The molecular formula is C22H27F3N6. The zero-order chi connectivity index (χ0) is 21.6. The molecule has 9 heteroatoms. The third-order valence-corrected chi connectivity index (χ3v) is 6.94. The summed E-state index contributed by atoms with van der Waals surface area (Å²) in [5, 5.41) is 0. The Morgan fingerprint density at radius 1 is 1.13 bits per heavy atom. The van der Waals surface area contributed by atoms with E-state index in [-0.39, 0.29) is 12.3 Å². The Balaban J connectivity index is 1.23. The molecule has 0 bridgehead atoms. The van der Waals surface area contributed by atoms with Crippen molar-refractivity contribution in [3.8, 4) is 0 Å². The van der Waals surface area contributed by atoms with E-state index >= 15 is 0 Å². The number of alkyl halides is 3. The fourth-order valence-corrected chi connectivity index (χ4v) is 5.33. The van der Waals surface area contributed by atoms with Gasteiger partial charge < -0.3 is 4.90 Å².